The lowest BCUT2D eigenvalue weighted by molar-refractivity contribution is -0.116. The van der Waals surface area contributed by atoms with Gasteiger partial charge in [-0.1, -0.05) is 11.3 Å². The number of rotatable bonds is 3. The lowest BCUT2D eigenvalue weighted by Gasteiger charge is -2.01. The third-order valence-corrected chi connectivity index (χ3v) is 3.03. The van der Waals surface area contributed by atoms with Crippen LogP contribution in [0.15, 0.2) is 15.0 Å². The summed E-state index contributed by atoms with van der Waals surface area (Å²) in [7, 11) is 0. The lowest BCUT2D eigenvalue weighted by atomic mass is 10.6. The summed E-state index contributed by atoms with van der Waals surface area (Å²) in [6.45, 7) is 0.0543. The molecule has 7 nitrogen and oxygen atoms in total. The highest BCUT2D eigenvalue weighted by Gasteiger charge is 2.10. The number of carbonyl (C=O) groups is 1. The molecule has 0 aliphatic heterocycles. The highest BCUT2D eigenvalue weighted by Crippen LogP contribution is 2.12. The molecule has 0 aliphatic rings. The molecular weight excluding hydrogens is 364 g/mol. The van der Waals surface area contributed by atoms with Gasteiger partial charge in [-0.25, -0.2) is 4.68 Å². The molecule has 0 radical (unpaired) electrons. The summed E-state index contributed by atoms with van der Waals surface area (Å²) >= 11 is 7.54. The van der Waals surface area contributed by atoms with Crippen molar-refractivity contribution in [1.82, 2.24) is 25.0 Å². The Kier molecular flexibility index (Phi) is 3.61. The molecule has 0 spiro atoms. The van der Waals surface area contributed by atoms with Crippen LogP contribution in [-0.2, 0) is 11.3 Å². The Morgan fingerprint density at radius 2 is 2.38 bits per heavy atom. The summed E-state index contributed by atoms with van der Waals surface area (Å²) < 4.78 is 2.32. The molecule has 84 valence electrons. The largest absolute Gasteiger partial charge is 0.299 e. The van der Waals surface area contributed by atoms with E-state index in [0.717, 1.165) is 0 Å². The lowest BCUT2D eigenvalue weighted by Crippen LogP contribution is -2.19. The molecule has 2 aromatic heterocycles. The van der Waals surface area contributed by atoms with Crippen molar-refractivity contribution in [2.75, 3.05) is 5.32 Å². The number of hydrogen-bond acceptors (Lipinski definition) is 6. The van der Waals surface area contributed by atoms with Gasteiger partial charge in [-0.05, 0) is 31.9 Å². The number of aromatic nitrogens is 5. The average Bonchev–Trinajstić information content (AvgIpc) is 2.78. The van der Waals surface area contributed by atoms with Gasteiger partial charge in [-0.2, -0.15) is 4.98 Å². The first-order valence-corrected chi connectivity index (χ1v) is 6.43. The maximum absolute atomic E-state index is 11.5. The highest BCUT2D eigenvalue weighted by molar-refractivity contribution is 9.11. The van der Waals surface area contributed by atoms with E-state index < -0.39 is 0 Å². The molecule has 0 aromatic carbocycles. The van der Waals surface area contributed by atoms with Gasteiger partial charge in [0.1, 0.15) is 12.1 Å². The highest BCUT2D eigenvalue weighted by atomic mass is 79.9. The standard InChI is InChI=1S/C6H4Br2N6OS/c7-4-11-5(8)14(13-4)1-3(15)10-6-12-9-2-16-6/h2H,1H2,(H,10,12,15). The Morgan fingerprint density at radius 1 is 1.56 bits per heavy atom. The van der Waals surface area contributed by atoms with Crippen molar-refractivity contribution < 1.29 is 4.79 Å². The second kappa shape index (κ2) is 4.97. The van der Waals surface area contributed by atoms with E-state index in [1.807, 2.05) is 0 Å². The van der Waals surface area contributed by atoms with Gasteiger partial charge >= 0.3 is 0 Å². The number of hydrogen-bond donors (Lipinski definition) is 1. The Bertz CT molecular complexity index is 497. The van der Waals surface area contributed by atoms with Gasteiger partial charge < -0.3 is 0 Å². The summed E-state index contributed by atoms with van der Waals surface area (Å²) in [4.78, 5) is 15.5. The van der Waals surface area contributed by atoms with Gasteiger partial charge in [0.15, 0.2) is 4.73 Å². The molecule has 2 heterocycles. The molecule has 0 saturated carbocycles. The minimum atomic E-state index is -0.241. The fraction of sp³-hybridized carbons (Fsp3) is 0.167. The van der Waals surface area contributed by atoms with Gasteiger partial charge in [0, 0.05) is 0 Å². The van der Waals surface area contributed by atoms with Crippen molar-refractivity contribution in [3.8, 4) is 0 Å². The molecule has 2 rings (SSSR count). The molecule has 0 aliphatic carbocycles. The third-order valence-electron chi connectivity index (χ3n) is 1.50. The zero-order valence-corrected chi connectivity index (χ0v) is 11.6. The van der Waals surface area contributed by atoms with E-state index in [1.54, 1.807) is 0 Å². The predicted molar refractivity (Wildman–Crippen MR) is 64.0 cm³/mol. The van der Waals surface area contributed by atoms with Crippen molar-refractivity contribution in [1.29, 1.82) is 0 Å². The number of amides is 1. The molecule has 0 fully saturated rings. The quantitative estimate of drug-likeness (QED) is 0.883. The van der Waals surface area contributed by atoms with Crippen LogP contribution in [0.3, 0.4) is 0 Å². The predicted octanol–water partition coefficient (Wildman–Crippen LogP) is 1.29. The van der Waals surface area contributed by atoms with Crippen LogP contribution in [0.1, 0.15) is 0 Å². The molecular formula is C6H4Br2N6OS. The van der Waals surface area contributed by atoms with Crippen LogP contribution in [0.2, 0.25) is 0 Å². The number of halogens is 2. The van der Waals surface area contributed by atoms with E-state index >= 15 is 0 Å². The van der Waals surface area contributed by atoms with Crippen LogP contribution in [-0.4, -0.2) is 30.9 Å². The Labute approximate surface area is 111 Å². The van der Waals surface area contributed by atoms with Gasteiger partial charge in [-0.15, -0.1) is 15.3 Å². The van der Waals surface area contributed by atoms with E-state index in [0.29, 0.717) is 14.6 Å². The molecule has 0 atom stereocenters. The second-order valence-corrected chi connectivity index (χ2v) is 4.85. The molecule has 2 aromatic rings. The first-order chi connectivity index (χ1) is 7.65. The number of nitrogens with one attached hydrogen (secondary N) is 1. The van der Waals surface area contributed by atoms with E-state index in [-0.39, 0.29) is 12.5 Å². The van der Waals surface area contributed by atoms with Crippen LogP contribution < -0.4 is 5.32 Å². The Balaban J connectivity index is 2.00. The second-order valence-electron chi connectivity index (χ2n) is 2.60. The number of carbonyl (C=O) groups excluding carboxylic acids is 1. The normalized spacial score (nSPS) is 10.4. The van der Waals surface area contributed by atoms with Gasteiger partial charge in [-0.3, -0.25) is 10.1 Å². The maximum Gasteiger partial charge on any atom is 0.248 e. The van der Waals surface area contributed by atoms with Crippen LogP contribution in [0.25, 0.3) is 0 Å². The smallest absolute Gasteiger partial charge is 0.248 e. The molecule has 1 N–H and O–H groups in total. The topological polar surface area (TPSA) is 85.6 Å². The van der Waals surface area contributed by atoms with Crippen LogP contribution in [0.4, 0.5) is 5.13 Å². The molecule has 1 amide bonds. The van der Waals surface area contributed by atoms with Crippen LogP contribution in [0, 0.1) is 0 Å². The van der Waals surface area contributed by atoms with E-state index in [2.05, 4.69) is 57.5 Å². The summed E-state index contributed by atoms with van der Waals surface area (Å²) in [6, 6.07) is 0. The Hall–Kier alpha value is -0.870. The van der Waals surface area contributed by atoms with Crippen LogP contribution >= 0.6 is 43.2 Å². The van der Waals surface area contributed by atoms with Gasteiger partial charge in [0.2, 0.25) is 15.8 Å². The summed E-state index contributed by atoms with van der Waals surface area (Å²) in [5.41, 5.74) is 1.54. The molecule has 0 unspecified atom stereocenters. The van der Waals surface area contributed by atoms with E-state index in [4.69, 9.17) is 0 Å². The van der Waals surface area contributed by atoms with Gasteiger partial charge in [0.05, 0.1) is 0 Å². The Morgan fingerprint density at radius 3 is 2.94 bits per heavy atom. The molecule has 0 saturated heterocycles. The number of anilines is 1. The van der Waals surface area contributed by atoms with Gasteiger partial charge in [0.25, 0.3) is 0 Å². The van der Waals surface area contributed by atoms with Crippen molar-refractivity contribution in [2.45, 2.75) is 6.54 Å². The molecule has 0 bridgehead atoms. The van der Waals surface area contributed by atoms with Crippen molar-refractivity contribution >= 4 is 54.2 Å². The zero-order valence-electron chi connectivity index (χ0n) is 7.59. The van der Waals surface area contributed by atoms with E-state index in [9.17, 15) is 4.79 Å². The summed E-state index contributed by atoms with van der Waals surface area (Å²) in [6.07, 6.45) is 0. The van der Waals surface area contributed by atoms with Crippen molar-refractivity contribution in [2.24, 2.45) is 0 Å². The third kappa shape index (κ3) is 2.83. The first-order valence-electron chi connectivity index (χ1n) is 3.97. The fourth-order valence-corrected chi connectivity index (χ4v) is 2.35. The van der Waals surface area contributed by atoms with Crippen molar-refractivity contribution in [3.05, 3.63) is 15.0 Å². The monoisotopic (exact) mass is 366 g/mol. The van der Waals surface area contributed by atoms with Crippen LogP contribution in [0.5, 0.6) is 0 Å². The maximum atomic E-state index is 11.5. The molecule has 16 heavy (non-hydrogen) atoms. The number of nitrogens with zero attached hydrogens (tertiary/aromatic N) is 5. The minimum absolute atomic E-state index is 0.0543. The molecule has 10 heteroatoms. The fourth-order valence-electron chi connectivity index (χ4n) is 0.920. The zero-order chi connectivity index (χ0) is 11.5. The average molecular weight is 368 g/mol. The SMILES string of the molecule is O=C(Cn1nc(Br)nc1Br)Nc1nncs1. The summed E-state index contributed by atoms with van der Waals surface area (Å²) in [5, 5.41) is 14.3. The minimum Gasteiger partial charge on any atom is -0.299 e. The van der Waals surface area contributed by atoms with E-state index in [1.165, 1.54) is 21.5 Å². The van der Waals surface area contributed by atoms with Crippen molar-refractivity contribution in [3.63, 3.8) is 0 Å². The summed E-state index contributed by atoms with van der Waals surface area (Å²) in [5.74, 6) is -0.241. The first kappa shape index (κ1) is 11.6.